The van der Waals surface area contributed by atoms with Crippen LogP contribution < -0.4 is 0 Å². The van der Waals surface area contributed by atoms with Gasteiger partial charge in [0, 0.05) is 32.9 Å². The van der Waals surface area contributed by atoms with Gasteiger partial charge in [0.2, 0.25) is 0 Å². The van der Waals surface area contributed by atoms with E-state index < -0.39 is 5.41 Å². The highest BCUT2D eigenvalue weighted by Gasteiger charge is 2.46. The number of hydrogen-bond donors (Lipinski definition) is 0. The highest BCUT2D eigenvalue weighted by atomic mass is 15.0. The van der Waals surface area contributed by atoms with E-state index in [1.165, 1.54) is 99.2 Å². The fourth-order valence-electron chi connectivity index (χ4n) is 11.0. The molecule has 2 heteroatoms. The topological polar surface area (TPSA) is 9.86 Å². The Balaban J connectivity index is 1.11. The predicted molar refractivity (Wildman–Crippen MR) is 263 cm³/mol. The lowest BCUT2D eigenvalue weighted by atomic mass is 9.67. The molecule has 0 bridgehead atoms. The maximum atomic E-state index is 2.51. The van der Waals surface area contributed by atoms with Gasteiger partial charge >= 0.3 is 0 Å². The normalized spacial score (nSPS) is 12.9. The monoisotopic (exact) mass is 800 g/mol. The molecule has 0 unspecified atom stereocenters. The smallest absolute Gasteiger partial charge is 0.0713 e. The lowest BCUT2D eigenvalue weighted by molar-refractivity contribution is 0.770. The van der Waals surface area contributed by atoms with Crippen LogP contribution in [-0.4, -0.2) is 9.13 Å². The Kier molecular flexibility index (Phi) is 7.85. The molecule has 0 saturated heterocycles. The Bertz CT molecular complexity index is 3680. The van der Waals surface area contributed by atoms with Crippen molar-refractivity contribution in [1.82, 2.24) is 9.13 Å². The SMILES string of the molecule is c1ccc(-c2ccccc2-c2ccc3c(c2)c2cc(C4(c5ccccc5)c5ccccc5-c5ccccc54)ccc2n3-c2ccc3c(c2)c2ccccc2n3-c2ccccc2)cc1. The average Bonchev–Trinajstić information content (AvgIpc) is 3.98. The first-order valence-electron chi connectivity index (χ1n) is 21.8. The van der Waals surface area contributed by atoms with Gasteiger partial charge in [-0.05, 0) is 116 Å². The molecule has 1 aliphatic rings. The number of para-hydroxylation sites is 2. The molecule has 294 valence electrons. The number of benzene rings is 10. The molecule has 0 aliphatic heterocycles. The van der Waals surface area contributed by atoms with E-state index in [2.05, 4.69) is 252 Å². The van der Waals surface area contributed by atoms with E-state index >= 15 is 0 Å². The minimum Gasteiger partial charge on any atom is -0.309 e. The Morgan fingerprint density at radius 2 is 0.730 bits per heavy atom. The van der Waals surface area contributed by atoms with Gasteiger partial charge < -0.3 is 9.13 Å². The van der Waals surface area contributed by atoms with Crippen LogP contribution in [0.25, 0.3) is 88.4 Å². The van der Waals surface area contributed by atoms with Crippen molar-refractivity contribution < 1.29 is 0 Å². The molecular formula is C61H40N2. The summed E-state index contributed by atoms with van der Waals surface area (Å²) in [6.07, 6.45) is 0. The number of fused-ring (bicyclic) bond motifs is 9. The third-order valence-corrected chi connectivity index (χ3v) is 13.6. The first-order valence-corrected chi connectivity index (χ1v) is 21.8. The summed E-state index contributed by atoms with van der Waals surface area (Å²) in [5.74, 6) is 0. The van der Waals surface area contributed by atoms with Gasteiger partial charge in [0.25, 0.3) is 0 Å². The Morgan fingerprint density at radius 3 is 1.43 bits per heavy atom. The van der Waals surface area contributed by atoms with Gasteiger partial charge in [-0.3, -0.25) is 0 Å². The molecule has 1 aliphatic carbocycles. The zero-order valence-corrected chi connectivity index (χ0v) is 34.5. The van der Waals surface area contributed by atoms with Gasteiger partial charge in [-0.2, -0.15) is 0 Å². The zero-order chi connectivity index (χ0) is 41.5. The second-order valence-corrected chi connectivity index (χ2v) is 16.8. The van der Waals surface area contributed by atoms with Crippen molar-refractivity contribution in [1.29, 1.82) is 0 Å². The van der Waals surface area contributed by atoms with Crippen molar-refractivity contribution in [3.8, 4) is 44.8 Å². The first kappa shape index (κ1) is 35.5. The van der Waals surface area contributed by atoms with Crippen LogP contribution in [0.1, 0.15) is 22.3 Å². The molecule has 63 heavy (non-hydrogen) atoms. The van der Waals surface area contributed by atoms with E-state index in [9.17, 15) is 0 Å². The largest absolute Gasteiger partial charge is 0.309 e. The molecule has 2 heterocycles. The summed E-state index contributed by atoms with van der Waals surface area (Å²) in [5, 5.41) is 4.92. The molecule has 10 aromatic carbocycles. The lowest BCUT2D eigenvalue weighted by Crippen LogP contribution is -2.28. The molecule has 13 rings (SSSR count). The Hall–Kier alpha value is -8.20. The summed E-state index contributed by atoms with van der Waals surface area (Å²) in [5.41, 5.74) is 19.1. The summed E-state index contributed by atoms with van der Waals surface area (Å²) in [6, 6.07) is 89.6. The van der Waals surface area contributed by atoms with Crippen molar-refractivity contribution in [2.24, 2.45) is 0 Å². The van der Waals surface area contributed by atoms with Gasteiger partial charge in [-0.15, -0.1) is 0 Å². The fourth-order valence-corrected chi connectivity index (χ4v) is 11.0. The van der Waals surface area contributed by atoms with E-state index in [1.807, 2.05) is 0 Å². The van der Waals surface area contributed by atoms with E-state index in [-0.39, 0.29) is 0 Å². The van der Waals surface area contributed by atoms with Crippen molar-refractivity contribution in [2.45, 2.75) is 5.41 Å². The second kappa shape index (κ2) is 13.9. The Morgan fingerprint density at radius 1 is 0.254 bits per heavy atom. The fraction of sp³-hybridized carbons (Fsp3) is 0.0164. The number of hydrogen-bond acceptors (Lipinski definition) is 0. The summed E-state index contributed by atoms with van der Waals surface area (Å²) in [4.78, 5) is 0. The summed E-state index contributed by atoms with van der Waals surface area (Å²) >= 11 is 0. The third-order valence-electron chi connectivity index (χ3n) is 13.6. The van der Waals surface area contributed by atoms with Crippen LogP contribution in [0.5, 0.6) is 0 Å². The summed E-state index contributed by atoms with van der Waals surface area (Å²) in [6.45, 7) is 0. The van der Waals surface area contributed by atoms with Gasteiger partial charge in [-0.1, -0.05) is 182 Å². The summed E-state index contributed by atoms with van der Waals surface area (Å²) in [7, 11) is 0. The van der Waals surface area contributed by atoms with Crippen LogP contribution in [0, 0.1) is 0 Å². The minimum atomic E-state index is -0.507. The van der Waals surface area contributed by atoms with E-state index in [0.29, 0.717) is 0 Å². The van der Waals surface area contributed by atoms with Crippen LogP contribution in [-0.2, 0) is 5.41 Å². The summed E-state index contributed by atoms with van der Waals surface area (Å²) < 4.78 is 4.88. The van der Waals surface area contributed by atoms with Crippen molar-refractivity contribution in [3.63, 3.8) is 0 Å². The standard InChI is InChI=1S/C61H40N2/c1-4-18-41(19-5-1)47-24-10-11-25-48(47)42-32-35-58-52(38-42)53-39-44(61(43-20-6-2-7-21-43)55-29-15-12-26-49(55)50-27-13-16-30-56(50)61)33-36-59(53)63(58)46-34-37-60-54(40-46)51-28-14-17-31-57(51)62(60)45-22-8-3-9-23-45/h1-40H. The highest BCUT2D eigenvalue weighted by molar-refractivity contribution is 6.13. The molecule has 12 aromatic rings. The van der Waals surface area contributed by atoms with Crippen LogP contribution in [0.3, 0.4) is 0 Å². The van der Waals surface area contributed by atoms with Gasteiger partial charge in [0.15, 0.2) is 0 Å². The molecular weight excluding hydrogens is 761 g/mol. The quantitative estimate of drug-likeness (QED) is 0.159. The first-order chi connectivity index (χ1) is 31.3. The van der Waals surface area contributed by atoms with Crippen molar-refractivity contribution in [3.05, 3.63) is 265 Å². The maximum Gasteiger partial charge on any atom is 0.0713 e. The number of aromatic nitrogens is 2. The average molecular weight is 801 g/mol. The van der Waals surface area contributed by atoms with E-state index in [0.717, 1.165) is 11.4 Å². The highest BCUT2D eigenvalue weighted by Crippen LogP contribution is 2.56. The molecule has 2 nitrogen and oxygen atoms in total. The van der Waals surface area contributed by atoms with Gasteiger partial charge in [0.05, 0.1) is 27.5 Å². The van der Waals surface area contributed by atoms with Gasteiger partial charge in [-0.25, -0.2) is 0 Å². The molecule has 0 N–H and O–H groups in total. The minimum absolute atomic E-state index is 0.507. The van der Waals surface area contributed by atoms with Crippen molar-refractivity contribution in [2.75, 3.05) is 0 Å². The van der Waals surface area contributed by atoms with Crippen LogP contribution in [0.15, 0.2) is 243 Å². The van der Waals surface area contributed by atoms with Crippen LogP contribution in [0.2, 0.25) is 0 Å². The van der Waals surface area contributed by atoms with Crippen LogP contribution in [0.4, 0.5) is 0 Å². The van der Waals surface area contributed by atoms with Crippen LogP contribution >= 0.6 is 0 Å². The third kappa shape index (κ3) is 5.19. The van der Waals surface area contributed by atoms with Crippen molar-refractivity contribution >= 4 is 43.6 Å². The molecule has 0 spiro atoms. The number of rotatable bonds is 6. The Labute approximate surface area is 366 Å². The lowest BCUT2D eigenvalue weighted by Gasteiger charge is -2.34. The zero-order valence-electron chi connectivity index (χ0n) is 34.5. The molecule has 2 aromatic heterocycles. The molecule has 0 amide bonds. The molecule has 0 fully saturated rings. The maximum absolute atomic E-state index is 2.51. The van der Waals surface area contributed by atoms with E-state index in [1.54, 1.807) is 0 Å². The number of nitrogens with zero attached hydrogens (tertiary/aromatic N) is 2. The van der Waals surface area contributed by atoms with E-state index in [4.69, 9.17) is 0 Å². The molecule has 0 saturated carbocycles. The van der Waals surface area contributed by atoms with Gasteiger partial charge in [0.1, 0.15) is 0 Å². The second-order valence-electron chi connectivity index (χ2n) is 16.8. The molecule has 0 radical (unpaired) electrons. The predicted octanol–water partition coefficient (Wildman–Crippen LogP) is 15.6. The molecule has 0 atom stereocenters.